The molecule has 4 rings (SSSR count). The SMILES string of the molecule is COc1cccc(NC(=O)CSc2nnc(-c3ccncc3)n2-c2cccc(C)c2)c1. The summed E-state index contributed by atoms with van der Waals surface area (Å²) >= 11 is 1.33. The molecule has 0 fully saturated rings. The van der Waals surface area contributed by atoms with Gasteiger partial charge in [0.15, 0.2) is 11.0 Å². The highest BCUT2D eigenvalue weighted by molar-refractivity contribution is 7.99. The van der Waals surface area contributed by atoms with E-state index in [-0.39, 0.29) is 11.7 Å². The van der Waals surface area contributed by atoms with Crippen LogP contribution in [0.3, 0.4) is 0 Å². The molecule has 0 aliphatic carbocycles. The van der Waals surface area contributed by atoms with Crippen LogP contribution in [0.15, 0.2) is 78.2 Å². The number of nitrogens with one attached hydrogen (secondary N) is 1. The zero-order valence-electron chi connectivity index (χ0n) is 17.1. The van der Waals surface area contributed by atoms with Crippen LogP contribution in [0.25, 0.3) is 17.1 Å². The van der Waals surface area contributed by atoms with Gasteiger partial charge in [-0.2, -0.15) is 0 Å². The number of hydrogen-bond acceptors (Lipinski definition) is 6. The third-order valence-electron chi connectivity index (χ3n) is 4.52. The van der Waals surface area contributed by atoms with E-state index in [1.54, 1.807) is 25.6 Å². The minimum atomic E-state index is -0.137. The molecule has 2 heterocycles. The summed E-state index contributed by atoms with van der Waals surface area (Å²) in [6.45, 7) is 2.04. The van der Waals surface area contributed by atoms with Crippen molar-refractivity contribution in [2.75, 3.05) is 18.2 Å². The minimum Gasteiger partial charge on any atom is -0.497 e. The van der Waals surface area contributed by atoms with E-state index in [2.05, 4.69) is 26.6 Å². The zero-order chi connectivity index (χ0) is 21.6. The summed E-state index contributed by atoms with van der Waals surface area (Å²) in [7, 11) is 1.59. The van der Waals surface area contributed by atoms with Gasteiger partial charge in [-0.25, -0.2) is 0 Å². The van der Waals surface area contributed by atoms with Gasteiger partial charge in [0.2, 0.25) is 5.91 Å². The van der Waals surface area contributed by atoms with Crippen LogP contribution in [0.5, 0.6) is 5.75 Å². The van der Waals surface area contributed by atoms with Gasteiger partial charge in [0.25, 0.3) is 0 Å². The second-order valence-corrected chi connectivity index (χ2v) is 7.73. The second-order valence-electron chi connectivity index (χ2n) is 6.79. The third-order valence-corrected chi connectivity index (χ3v) is 5.45. The van der Waals surface area contributed by atoms with Crippen molar-refractivity contribution in [3.05, 3.63) is 78.6 Å². The summed E-state index contributed by atoms with van der Waals surface area (Å²) in [6.07, 6.45) is 3.44. The van der Waals surface area contributed by atoms with Gasteiger partial charge in [-0.1, -0.05) is 30.0 Å². The Balaban J connectivity index is 1.58. The Labute approximate surface area is 184 Å². The molecule has 7 nitrogen and oxygen atoms in total. The van der Waals surface area contributed by atoms with Crippen molar-refractivity contribution in [3.8, 4) is 22.8 Å². The van der Waals surface area contributed by atoms with E-state index in [4.69, 9.17) is 4.74 Å². The molecule has 1 amide bonds. The topological polar surface area (TPSA) is 81.9 Å². The Bertz CT molecular complexity index is 1190. The van der Waals surface area contributed by atoms with E-state index in [0.29, 0.717) is 22.4 Å². The van der Waals surface area contributed by atoms with E-state index in [1.807, 2.05) is 60.0 Å². The number of carbonyl (C=O) groups is 1. The highest BCUT2D eigenvalue weighted by Crippen LogP contribution is 2.28. The first-order valence-electron chi connectivity index (χ1n) is 9.63. The van der Waals surface area contributed by atoms with E-state index >= 15 is 0 Å². The number of anilines is 1. The number of benzene rings is 2. The predicted molar refractivity (Wildman–Crippen MR) is 122 cm³/mol. The van der Waals surface area contributed by atoms with Gasteiger partial charge in [-0.05, 0) is 48.9 Å². The second kappa shape index (κ2) is 9.44. The minimum absolute atomic E-state index is 0.137. The highest BCUT2D eigenvalue weighted by atomic mass is 32.2. The number of thioether (sulfide) groups is 1. The Morgan fingerprint density at radius 1 is 1.06 bits per heavy atom. The van der Waals surface area contributed by atoms with Gasteiger partial charge >= 0.3 is 0 Å². The smallest absolute Gasteiger partial charge is 0.234 e. The molecular formula is C23H21N5O2S. The number of aromatic nitrogens is 4. The van der Waals surface area contributed by atoms with Crippen molar-refractivity contribution < 1.29 is 9.53 Å². The highest BCUT2D eigenvalue weighted by Gasteiger charge is 2.17. The molecular weight excluding hydrogens is 410 g/mol. The van der Waals surface area contributed by atoms with Gasteiger partial charge < -0.3 is 10.1 Å². The lowest BCUT2D eigenvalue weighted by Gasteiger charge is -2.11. The van der Waals surface area contributed by atoms with Crippen LogP contribution in [-0.4, -0.2) is 38.5 Å². The Hall–Kier alpha value is -3.65. The number of amides is 1. The number of nitrogens with zero attached hydrogens (tertiary/aromatic N) is 4. The van der Waals surface area contributed by atoms with Crippen LogP contribution in [-0.2, 0) is 4.79 Å². The molecule has 0 saturated heterocycles. The first-order valence-corrected chi connectivity index (χ1v) is 10.6. The van der Waals surface area contributed by atoms with Gasteiger partial charge in [0, 0.05) is 35.4 Å². The third kappa shape index (κ3) is 4.92. The number of hydrogen-bond donors (Lipinski definition) is 1. The molecule has 2 aromatic heterocycles. The maximum atomic E-state index is 12.5. The summed E-state index contributed by atoms with van der Waals surface area (Å²) in [5.74, 6) is 1.44. The summed E-state index contributed by atoms with van der Waals surface area (Å²) in [6, 6.07) is 19.1. The number of ether oxygens (including phenoxy) is 1. The van der Waals surface area contributed by atoms with Crippen LogP contribution in [0.1, 0.15) is 5.56 Å². The summed E-state index contributed by atoms with van der Waals surface area (Å²) < 4.78 is 7.17. The fraction of sp³-hybridized carbons (Fsp3) is 0.130. The Kier molecular flexibility index (Phi) is 6.28. The summed E-state index contributed by atoms with van der Waals surface area (Å²) in [5, 5.41) is 12.3. The molecule has 0 radical (unpaired) electrons. The maximum Gasteiger partial charge on any atom is 0.234 e. The van der Waals surface area contributed by atoms with Gasteiger partial charge in [0.1, 0.15) is 5.75 Å². The molecule has 0 aliphatic rings. The molecule has 156 valence electrons. The molecule has 0 saturated carbocycles. The zero-order valence-corrected chi connectivity index (χ0v) is 18.0. The summed E-state index contributed by atoms with van der Waals surface area (Å²) in [4.78, 5) is 16.6. The number of aryl methyl sites for hydroxylation is 1. The van der Waals surface area contributed by atoms with Crippen molar-refractivity contribution in [2.24, 2.45) is 0 Å². The molecule has 2 aromatic carbocycles. The number of pyridine rings is 1. The van der Waals surface area contributed by atoms with Gasteiger partial charge in [-0.15, -0.1) is 10.2 Å². The van der Waals surface area contributed by atoms with Crippen molar-refractivity contribution in [1.82, 2.24) is 19.7 Å². The van der Waals surface area contributed by atoms with Gasteiger partial charge in [-0.3, -0.25) is 14.3 Å². The van der Waals surface area contributed by atoms with E-state index < -0.39 is 0 Å². The van der Waals surface area contributed by atoms with Crippen LogP contribution in [0.4, 0.5) is 5.69 Å². The molecule has 1 N–H and O–H groups in total. The lowest BCUT2D eigenvalue weighted by atomic mass is 10.2. The fourth-order valence-corrected chi connectivity index (χ4v) is 3.83. The first-order chi connectivity index (χ1) is 15.1. The van der Waals surface area contributed by atoms with E-state index in [0.717, 1.165) is 16.8 Å². The average Bonchev–Trinajstić information content (AvgIpc) is 3.22. The van der Waals surface area contributed by atoms with Crippen LogP contribution >= 0.6 is 11.8 Å². The molecule has 31 heavy (non-hydrogen) atoms. The molecule has 0 unspecified atom stereocenters. The van der Waals surface area contributed by atoms with Crippen molar-refractivity contribution >= 4 is 23.4 Å². The fourth-order valence-electron chi connectivity index (χ4n) is 3.08. The van der Waals surface area contributed by atoms with Crippen LogP contribution in [0, 0.1) is 6.92 Å². The maximum absolute atomic E-state index is 12.5. The van der Waals surface area contributed by atoms with E-state index in [1.165, 1.54) is 11.8 Å². The quantitative estimate of drug-likeness (QED) is 0.438. The number of rotatable bonds is 7. The summed E-state index contributed by atoms with van der Waals surface area (Å²) in [5.41, 5.74) is 3.64. The number of methoxy groups -OCH3 is 1. The standard InChI is InChI=1S/C23H21N5O2S/c1-16-5-3-7-19(13-16)28-22(17-9-11-24-12-10-17)26-27-23(28)31-15-21(29)25-18-6-4-8-20(14-18)30-2/h3-14H,15H2,1-2H3,(H,25,29). The van der Waals surface area contributed by atoms with Gasteiger partial charge in [0.05, 0.1) is 12.9 Å². The molecule has 0 bridgehead atoms. The molecule has 8 heteroatoms. The first kappa shape index (κ1) is 20.6. The lowest BCUT2D eigenvalue weighted by molar-refractivity contribution is -0.113. The van der Waals surface area contributed by atoms with Crippen LogP contribution in [0.2, 0.25) is 0 Å². The average molecular weight is 432 g/mol. The predicted octanol–water partition coefficient (Wildman–Crippen LogP) is 4.38. The monoisotopic (exact) mass is 431 g/mol. The largest absolute Gasteiger partial charge is 0.497 e. The normalized spacial score (nSPS) is 10.6. The van der Waals surface area contributed by atoms with E-state index in [9.17, 15) is 4.79 Å². The van der Waals surface area contributed by atoms with Crippen LogP contribution < -0.4 is 10.1 Å². The van der Waals surface area contributed by atoms with Crippen molar-refractivity contribution in [3.63, 3.8) is 0 Å². The Morgan fingerprint density at radius 3 is 2.65 bits per heavy atom. The molecule has 0 aliphatic heterocycles. The van der Waals surface area contributed by atoms with Crippen molar-refractivity contribution in [1.29, 1.82) is 0 Å². The van der Waals surface area contributed by atoms with Crippen molar-refractivity contribution in [2.45, 2.75) is 12.1 Å². The molecule has 0 spiro atoms. The Morgan fingerprint density at radius 2 is 1.87 bits per heavy atom. The number of carbonyl (C=O) groups excluding carboxylic acids is 1. The lowest BCUT2D eigenvalue weighted by Crippen LogP contribution is -2.14. The molecule has 4 aromatic rings. The molecule has 0 atom stereocenters.